The average Bonchev–Trinajstić information content (AvgIpc) is 2.88. The number of esters is 1. The molecule has 19 heavy (non-hydrogen) atoms. The highest BCUT2D eigenvalue weighted by Gasteiger charge is 2.21. The van der Waals surface area contributed by atoms with Gasteiger partial charge in [0.1, 0.15) is 17.1 Å². The molecule has 0 fully saturated rings. The molecular weight excluding hydrogens is 255 g/mol. The number of methoxy groups -OCH3 is 1. The van der Waals surface area contributed by atoms with Gasteiger partial charge in [-0.05, 0) is 19.1 Å². The summed E-state index contributed by atoms with van der Waals surface area (Å²) in [5.74, 6) is -1.48. The van der Waals surface area contributed by atoms with E-state index in [9.17, 15) is 9.18 Å². The topological polar surface area (TPSA) is 74.5 Å². The number of aromatic nitrogens is 2. The summed E-state index contributed by atoms with van der Waals surface area (Å²) in [7, 11) is 1.39. The van der Waals surface area contributed by atoms with Gasteiger partial charge in [0.05, 0.1) is 13.7 Å². The summed E-state index contributed by atoms with van der Waals surface area (Å²) in [5.41, 5.74) is 0.0318. The van der Waals surface area contributed by atoms with Crippen LogP contribution in [-0.2, 0) is 4.74 Å². The van der Waals surface area contributed by atoms with E-state index in [-0.39, 0.29) is 29.6 Å². The van der Waals surface area contributed by atoms with Crippen molar-refractivity contribution in [1.82, 2.24) is 10.1 Å². The molecule has 0 N–H and O–H groups in total. The zero-order valence-corrected chi connectivity index (χ0v) is 10.3. The van der Waals surface area contributed by atoms with Crippen molar-refractivity contribution in [2.45, 2.75) is 6.92 Å². The van der Waals surface area contributed by atoms with Crippen LogP contribution in [0.4, 0.5) is 4.39 Å². The lowest BCUT2D eigenvalue weighted by Gasteiger charge is -2.04. The van der Waals surface area contributed by atoms with Crippen LogP contribution in [0.1, 0.15) is 17.6 Å². The van der Waals surface area contributed by atoms with E-state index in [1.165, 1.54) is 19.2 Å². The smallest absolute Gasteiger partial charge is 0.397 e. The lowest BCUT2D eigenvalue weighted by Crippen LogP contribution is -2.04. The highest BCUT2D eigenvalue weighted by molar-refractivity contribution is 5.84. The molecule has 0 radical (unpaired) electrons. The van der Waals surface area contributed by atoms with E-state index in [4.69, 9.17) is 14.0 Å². The van der Waals surface area contributed by atoms with E-state index in [0.29, 0.717) is 0 Å². The number of nitrogens with zero attached hydrogens (tertiary/aromatic N) is 2. The van der Waals surface area contributed by atoms with Crippen LogP contribution in [0.15, 0.2) is 22.7 Å². The zero-order valence-electron chi connectivity index (χ0n) is 10.3. The summed E-state index contributed by atoms with van der Waals surface area (Å²) >= 11 is 0. The van der Waals surface area contributed by atoms with Gasteiger partial charge in [0, 0.05) is 0 Å². The summed E-state index contributed by atoms with van der Waals surface area (Å²) in [4.78, 5) is 15.2. The third-order valence-electron chi connectivity index (χ3n) is 2.29. The molecule has 2 rings (SSSR count). The van der Waals surface area contributed by atoms with Crippen LogP contribution in [0.3, 0.4) is 0 Å². The first-order chi connectivity index (χ1) is 9.17. The third-order valence-corrected chi connectivity index (χ3v) is 2.29. The minimum Gasteiger partial charge on any atom is -0.496 e. The third kappa shape index (κ3) is 2.54. The van der Waals surface area contributed by atoms with Gasteiger partial charge in [-0.2, -0.15) is 4.98 Å². The second-order valence-corrected chi connectivity index (χ2v) is 3.46. The fourth-order valence-corrected chi connectivity index (χ4v) is 1.49. The highest BCUT2D eigenvalue weighted by Crippen LogP contribution is 2.30. The Bertz CT molecular complexity index is 597. The van der Waals surface area contributed by atoms with E-state index in [0.717, 1.165) is 0 Å². The molecule has 0 aliphatic carbocycles. The Morgan fingerprint density at radius 3 is 2.95 bits per heavy atom. The second-order valence-electron chi connectivity index (χ2n) is 3.46. The molecular formula is C12H11FN2O4. The van der Waals surface area contributed by atoms with Gasteiger partial charge in [-0.15, -0.1) is 0 Å². The molecule has 0 saturated carbocycles. The Hall–Kier alpha value is -2.44. The van der Waals surface area contributed by atoms with Crippen molar-refractivity contribution in [3.05, 3.63) is 29.9 Å². The SMILES string of the molecule is CCOC(=O)c1nc(-c2c(F)cccc2OC)no1. The first-order valence-electron chi connectivity index (χ1n) is 5.51. The Morgan fingerprint density at radius 2 is 2.26 bits per heavy atom. The molecule has 0 unspecified atom stereocenters. The molecule has 1 aromatic carbocycles. The number of ether oxygens (including phenoxy) is 2. The Kier molecular flexibility index (Phi) is 3.74. The summed E-state index contributed by atoms with van der Waals surface area (Å²) < 4.78 is 28.2. The van der Waals surface area contributed by atoms with Crippen LogP contribution >= 0.6 is 0 Å². The average molecular weight is 266 g/mol. The molecule has 1 aromatic heterocycles. The zero-order chi connectivity index (χ0) is 13.8. The summed E-state index contributed by atoms with van der Waals surface area (Å²) in [5, 5.41) is 3.55. The molecule has 0 atom stereocenters. The molecule has 0 aliphatic rings. The minimum absolute atomic E-state index is 0.0318. The standard InChI is InChI=1S/C12H11FN2O4/c1-3-18-12(16)11-14-10(15-19-11)9-7(13)5-4-6-8(9)17-2/h4-6H,3H2,1-2H3. The largest absolute Gasteiger partial charge is 0.496 e. The van der Waals surface area contributed by atoms with Crippen LogP contribution < -0.4 is 4.74 Å². The van der Waals surface area contributed by atoms with Crippen molar-refractivity contribution in [3.8, 4) is 17.1 Å². The van der Waals surface area contributed by atoms with Crippen LogP contribution in [0.2, 0.25) is 0 Å². The van der Waals surface area contributed by atoms with Gasteiger partial charge in [0.15, 0.2) is 0 Å². The number of benzene rings is 1. The summed E-state index contributed by atoms with van der Waals surface area (Å²) in [6, 6.07) is 4.28. The normalized spacial score (nSPS) is 10.3. The first kappa shape index (κ1) is 13.0. The molecule has 0 amide bonds. The number of halogens is 1. The fraction of sp³-hybridized carbons (Fsp3) is 0.250. The van der Waals surface area contributed by atoms with Gasteiger partial charge in [-0.25, -0.2) is 9.18 Å². The van der Waals surface area contributed by atoms with E-state index in [1.54, 1.807) is 13.0 Å². The molecule has 2 aromatic rings. The lowest BCUT2D eigenvalue weighted by atomic mass is 10.2. The van der Waals surface area contributed by atoms with Crippen molar-refractivity contribution in [1.29, 1.82) is 0 Å². The van der Waals surface area contributed by atoms with E-state index in [1.807, 2.05) is 0 Å². The van der Waals surface area contributed by atoms with Crippen LogP contribution in [0, 0.1) is 5.82 Å². The maximum atomic E-state index is 13.8. The van der Waals surface area contributed by atoms with E-state index < -0.39 is 11.8 Å². The second kappa shape index (κ2) is 5.47. The first-order valence-corrected chi connectivity index (χ1v) is 5.51. The predicted molar refractivity (Wildman–Crippen MR) is 62.2 cm³/mol. The van der Waals surface area contributed by atoms with Crippen molar-refractivity contribution >= 4 is 5.97 Å². The molecule has 0 aliphatic heterocycles. The molecule has 0 saturated heterocycles. The summed E-state index contributed by atoms with van der Waals surface area (Å²) in [6.45, 7) is 1.83. The van der Waals surface area contributed by atoms with E-state index in [2.05, 4.69) is 10.1 Å². The molecule has 0 spiro atoms. The Balaban J connectivity index is 2.41. The fourth-order valence-electron chi connectivity index (χ4n) is 1.49. The van der Waals surface area contributed by atoms with Crippen molar-refractivity contribution in [2.75, 3.05) is 13.7 Å². The van der Waals surface area contributed by atoms with E-state index >= 15 is 0 Å². The van der Waals surface area contributed by atoms with Crippen molar-refractivity contribution < 1.29 is 23.2 Å². The maximum absolute atomic E-state index is 13.8. The van der Waals surface area contributed by atoms with Gasteiger partial charge >= 0.3 is 11.9 Å². The van der Waals surface area contributed by atoms with Gasteiger partial charge in [0.2, 0.25) is 5.82 Å². The van der Waals surface area contributed by atoms with Gasteiger partial charge in [0.25, 0.3) is 0 Å². The number of hydrogen-bond acceptors (Lipinski definition) is 6. The monoisotopic (exact) mass is 266 g/mol. The minimum atomic E-state index is -0.753. The van der Waals surface area contributed by atoms with Gasteiger partial charge in [-0.1, -0.05) is 11.2 Å². The van der Waals surface area contributed by atoms with Gasteiger partial charge in [-0.3, -0.25) is 0 Å². The molecule has 0 bridgehead atoms. The molecule has 6 nitrogen and oxygen atoms in total. The van der Waals surface area contributed by atoms with Crippen LogP contribution in [-0.4, -0.2) is 29.8 Å². The Morgan fingerprint density at radius 1 is 1.47 bits per heavy atom. The van der Waals surface area contributed by atoms with Crippen molar-refractivity contribution in [2.24, 2.45) is 0 Å². The van der Waals surface area contributed by atoms with Crippen LogP contribution in [0.25, 0.3) is 11.4 Å². The van der Waals surface area contributed by atoms with Crippen LogP contribution in [0.5, 0.6) is 5.75 Å². The number of hydrogen-bond donors (Lipinski definition) is 0. The van der Waals surface area contributed by atoms with Gasteiger partial charge < -0.3 is 14.0 Å². The number of carbonyl (C=O) groups is 1. The highest BCUT2D eigenvalue weighted by atomic mass is 19.1. The number of carbonyl (C=O) groups excluding carboxylic acids is 1. The molecule has 100 valence electrons. The van der Waals surface area contributed by atoms with Crippen molar-refractivity contribution in [3.63, 3.8) is 0 Å². The molecule has 7 heteroatoms. The number of rotatable bonds is 4. The Labute approximate surface area is 108 Å². The quantitative estimate of drug-likeness (QED) is 0.788. The predicted octanol–water partition coefficient (Wildman–Crippen LogP) is 2.06. The maximum Gasteiger partial charge on any atom is 0.397 e. The molecule has 1 heterocycles. The lowest BCUT2D eigenvalue weighted by molar-refractivity contribution is 0.0470. The summed E-state index contributed by atoms with van der Waals surface area (Å²) in [6.07, 6.45) is 0.